The monoisotopic (exact) mass is 239 g/mol. The second kappa shape index (κ2) is 5.98. The van der Waals surface area contributed by atoms with E-state index in [4.69, 9.17) is 0 Å². The molecule has 0 spiro atoms. The summed E-state index contributed by atoms with van der Waals surface area (Å²) in [6.45, 7) is 0. The summed E-state index contributed by atoms with van der Waals surface area (Å²) < 4.78 is 17.4. The summed E-state index contributed by atoms with van der Waals surface area (Å²) in [6, 6.07) is 5.71. The lowest BCUT2D eigenvalue weighted by Crippen LogP contribution is -2.26. The van der Waals surface area contributed by atoms with Crippen molar-refractivity contribution in [3.63, 3.8) is 0 Å². The minimum Gasteiger partial charge on any atom is -0.469 e. The molecule has 0 bridgehead atoms. The van der Waals surface area contributed by atoms with Crippen molar-refractivity contribution >= 4 is 17.6 Å². The highest BCUT2D eigenvalue weighted by molar-refractivity contribution is 5.94. The van der Waals surface area contributed by atoms with Crippen LogP contribution in [0.5, 0.6) is 0 Å². The van der Waals surface area contributed by atoms with Gasteiger partial charge in [0, 0.05) is 19.2 Å². The van der Waals surface area contributed by atoms with Crippen LogP contribution >= 0.6 is 0 Å². The van der Waals surface area contributed by atoms with Crippen LogP contribution in [0.25, 0.3) is 0 Å². The summed E-state index contributed by atoms with van der Waals surface area (Å²) in [5.74, 6) is -1.11. The second-order valence-electron chi connectivity index (χ2n) is 3.51. The molecule has 4 nitrogen and oxygen atoms in total. The Morgan fingerprint density at radius 3 is 2.65 bits per heavy atom. The maximum absolute atomic E-state index is 12.9. The van der Waals surface area contributed by atoms with E-state index in [0.717, 1.165) is 0 Å². The maximum atomic E-state index is 12.9. The van der Waals surface area contributed by atoms with E-state index in [1.54, 1.807) is 6.07 Å². The van der Waals surface area contributed by atoms with Gasteiger partial charge in [-0.1, -0.05) is 6.07 Å². The van der Waals surface area contributed by atoms with Gasteiger partial charge in [-0.2, -0.15) is 0 Å². The molecule has 17 heavy (non-hydrogen) atoms. The highest BCUT2D eigenvalue weighted by atomic mass is 19.1. The molecule has 1 amide bonds. The third-order valence-electron chi connectivity index (χ3n) is 2.34. The average Bonchev–Trinajstić information content (AvgIpc) is 2.34. The standard InChI is InChI=1S/C12H14FNO3/c1-14(10-5-3-4-9(13)8-10)11(15)6-7-12(16)17-2/h3-5,8H,6-7H2,1-2H3. The summed E-state index contributed by atoms with van der Waals surface area (Å²) >= 11 is 0. The first-order valence-corrected chi connectivity index (χ1v) is 5.13. The van der Waals surface area contributed by atoms with E-state index in [9.17, 15) is 14.0 Å². The Hall–Kier alpha value is -1.91. The number of rotatable bonds is 4. The molecule has 92 valence electrons. The van der Waals surface area contributed by atoms with E-state index >= 15 is 0 Å². The first kappa shape index (κ1) is 13.2. The van der Waals surface area contributed by atoms with E-state index < -0.39 is 11.8 Å². The lowest BCUT2D eigenvalue weighted by molar-refractivity contribution is -0.141. The van der Waals surface area contributed by atoms with Crippen LogP contribution in [-0.4, -0.2) is 26.0 Å². The van der Waals surface area contributed by atoms with E-state index in [-0.39, 0.29) is 18.7 Å². The molecule has 0 aromatic heterocycles. The zero-order valence-electron chi connectivity index (χ0n) is 9.77. The van der Waals surface area contributed by atoms with Crippen molar-refractivity contribution < 1.29 is 18.7 Å². The van der Waals surface area contributed by atoms with Gasteiger partial charge in [0.05, 0.1) is 13.5 Å². The molecule has 0 radical (unpaired) electrons. The quantitative estimate of drug-likeness (QED) is 0.752. The first-order valence-electron chi connectivity index (χ1n) is 5.13. The molecule has 0 unspecified atom stereocenters. The summed E-state index contributed by atoms with van der Waals surface area (Å²) in [4.78, 5) is 23.9. The number of hydrogen-bond donors (Lipinski definition) is 0. The number of amides is 1. The van der Waals surface area contributed by atoms with E-state index in [2.05, 4.69) is 4.74 Å². The van der Waals surface area contributed by atoms with Gasteiger partial charge in [0.1, 0.15) is 5.82 Å². The van der Waals surface area contributed by atoms with Crippen molar-refractivity contribution in [2.24, 2.45) is 0 Å². The summed E-state index contributed by atoms with van der Waals surface area (Å²) in [6.07, 6.45) is 0.0642. The molecule has 0 fully saturated rings. The van der Waals surface area contributed by atoms with Crippen LogP contribution in [0.1, 0.15) is 12.8 Å². The molecular formula is C12H14FNO3. The number of carbonyl (C=O) groups excluding carboxylic acids is 2. The predicted molar refractivity (Wildman–Crippen MR) is 61.1 cm³/mol. The molecule has 0 saturated carbocycles. The molecule has 1 aromatic carbocycles. The van der Waals surface area contributed by atoms with Gasteiger partial charge in [-0.05, 0) is 18.2 Å². The zero-order valence-corrected chi connectivity index (χ0v) is 9.77. The van der Waals surface area contributed by atoms with E-state index in [1.165, 1.54) is 37.3 Å². The Labute approximate surface area is 99.0 Å². The van der Waals surface area contributed by atoms with Crippen molar-refractivity contribution in [1.82, 2.24) is 0 Å². The molecule has 0 aliphatic heterocycles. The van der Waals surface area contributed by atoms with Crippen molar-refractivity contribution in [3.8, 4) is 0 Å². The molecule has 0 aliphatic carbocycles. The number of halogens is 1. The highest BCUT2D eigenvalue weighted by Gasteiger charge is 2.13. The van der Waals surface area contributed by atoms with Crippen LogP contribution in [0.4, 0.5) is 10.1 Å². The van der Waals surface area contributed by atoms with Gasteiger partial charge in [-0.15, -0.1) is 0 Å². The molecule has 0 atom stereocenters. The maximum Gasteiger partial charge on any atom is 0.306 e. The molecule has 0 heterocycles. The van der Waals surface area contributed by atoms with E-state index in [0.29, 0.717) is 5.69 Å². The number of benzene rings is 1. The number of carbonyl (C=O) groups is 2. The summed E-state index contributed by atoms with van der Waals surface area (Å²) in [7, 11) is 2.80. The van der Waals surface area contributed by atoms with Crippen molar-refractivity contribution in [3.05, 3.63) is 30.1 Å². The van der Waals surface area contributed by atoms with Crippen LogP contribution in [0.3, 0.4) is 0 Å². The minimum absolute atomic E-state index is 0.0228. The lowest BCUT2D eigenvalue weighted by Gasteiger charge is -2.16. The Morgan fingerprint density at radius 2 is 2.06 bits per heavy atom. The molecule has 0 N–H and O–H groups in total. The number of ether oxygens (including phenoxy) is 1. The van der Waals surface area contributed by atoms with Gasteiger partial charge in [-0.3, -0.25) is 9.59 Å². The first-order chi connectivity index (χ1) is 8.04. The molecule has 0 aliphatic rings. The summed E-state index contributed by atoms with van der Waals surface area (Å²) in [5.41, 5.74) is 0.458. The van der Waals surface area contributed by atoms with Gasteiger partial charge in [0.15, 0.2) is 0 Å². The smallest absolute Gasteiger partial charge is 0.306 e. The molecule has 0 saturated heterocycles. The fourth-order valence-corrected chi connectivity index (χ4v) is 1.31. The molecule has 5 heteroatoms. The van der Waals surface area contributed by atoms with Crippen LogP contribution < -0.4 is 4.90 Å². The Kier molecular flexibility index (Phi) is 4.63. The fourth-order valence-electron chi connectivity index (χ4n) is 1.31. The Morgan fingerprint density at radius 1 is 1.35 bits per heavy atom. The normalized spacial score (nSPS) is 9.82. The number of nitrogens with zero attached hydrogens (tertiary/aromatic N) is 1. The van der Waals surface area contributed by atoms with Crippen LogP contribution in [0.15, 0.2) is 24.3 Å². The van der Waals surface area contributed by atoms with Crippen molar-refractivity contribution in [2.75, 3.05) is 19.1 Å². The SMILES string of the molecule is COC(=O)CCC(=O)N(C)c1cccc(F)c1. The van der Waals surface area contributed by atoms with Crippen LogP contribution in [0.2, 0.25) is 0 Å². The van der Waals surface area contributed by atoms with Gasteiger partial charge < -0.3 is 9.64 Å². The van der Waals surface area contributed by atoms with Gasteiger partial charge in [0.2, 0.25) is 5.91 Å². The van der Waals surface area contributed by atoms with Crippen LogP contribution in [-0.2, 0) is 14.3 Å². The van der Waals surface area contributed by atoms with Crippen molar-refractivity contribution in [2.45, 2.75) is 12.8 Å². The topological polar surface area (TPSA) is 46.6 Å². The van der Waals surface area contributed by atoms with Crippen LogP contribution in [0, 0.1) is 5.82 Å². The Balaban J connectivity index is 2.60. The number of methoxy groups -OCH3 is 1. The Bertz CT molecular complexity index is 420. The average molecular weight is 239 g/mol. The van der Waals surface area contributed by atoms with Gasteiger partial charge in [-0.25, -0.2) is 4.39 Å². The molecular weight excluding hydrogens is 225 g/mol. The van der Waals surface area contributed by atoms with E-state index in [1.807, 2.05) is 0 Å². The minimum atomic E-state index is -0.439. The van der Waals surface area contributed by atoms with Gasteiger partial charge >= 0.3 is 5.97 Å². The number of esters is 1. The second-order valence-corrected chi connectivity index (χ2v) is 3.51. The van der Waals surface area contributed by atoms with Crippen molar-refractivity contribution in [1.29, 1.82) is 0 Å². The number of anilines is 1. The lowest BCUT2D eigenvalue weighted by atomic mass is 10.2. The predicted octanol–water partition coefficient (Wildman–Crippen LogP) is 1.74. The number of hydrogen-bond acceptors (Lipinski definition) is 3. The van der Waals surface area contributed by atoms with Gasteiger partial charge in [0.25, 0.3) is 0 Å². The molecule has 1 aromatic rings. The fraction of sp³-hybridized carbons (Fsp3) is 0.333. The zero-order chi connectivity index (χ0) is 12.8. The third-order valence-corrected chi connectivity index (χ3v) is 2.34. The summed E-state index contributed by atoms with van der Waals surface area (Å²) in [5, 5.41) is 0. The largest absolute Gasteiger partial charge is 0.469 e. The highest BCUT2D eigenvalue weighted by Crippen LogP contribution is 2.15. The molecule has 1 rings (SSSR count). The third kappa shape index (κ3) is 3.86.